The monoisotopic (exact) mass is 238 g/mol. The molecule has 0 spiro atoms. The van der Waals surface area contributed by atoms with E-state index in [1.807, 2.05) is 0 Å². The minimum atomic E-state index is -5.08. The molecule has 3 nitrogen and oxygen atoms in total. The summed E-state index contributed by atoms with van der Waals surface area (Å²) in [6.07, 6.45) is -4.10. The van der Waals surface area contributed by atoms with Crippen molar-refractivity contribution in [3.8, 4) is 0 Å². The maximum absolute atomic E-state index is 13.1. The molecule has 0 saturated heterocycles. The van der Waals surface area contributed by atoms with Gasteiger partial charge in [0.1, 0.15) is 0 Å². The Kier molecular flexibility index (Phi) is 3.20. The van der Waals surface area contributed by atoms with Gasteiger partial charge in [0.2, 0.25) is 11.5 Å². The van der Waals surface area contributed by atoms with Crippen molar-refractivity contribution in [2.24, 2.45) is 5.73 Å². The van der Waals surface area contributed by atoms with Crippen LogP contribution in [-0.4, -0.2) is 22.3 Å². The lowest BCUT2D eigenvalue weighted by atomic mass is 9.87. The predicted octanol–water partition coefficient (Wildman–Crippen LogP) is 1.32. The molecule has 0 amide bonds. The third-order valence-electron chi connectivity index (χ3n) is 2.26. The average Bonchev–Trinajstić information content (AvgIpc) is 2.15. The topological polar surface area (TPSA) is 59.1 Å². The molecular weight excluding hydrogens is 228 g/mol. The van der Waals surface area contributed by atoms with Crippen molar-refractivity contribution in [2.45, 2.75) is 24.7 Å². The molecule has 16 heavy (non-hydrogen) atoms. The van der Waals surface area contributed by atoms with E-state index >= 15 is 0 Å². The molecule has 0 aliphatic heterocycles. The van der Waals surface area contributed by atoms with Gasteiger partial charge < -0.3 is 10.8 Å². The maximum atomic E-state index is 13.1. The number of nitrogens with two attached hydrogens (primary N) is 1. The Bertz CT molecular complexity index is 380. The number of aromatic nitrogens is 1. The number of rotatable bonds is 2. The fraction of sp³-hybridized carbons (Fsp3) is 0.444. The first-order valence-corrected chi connectivity index (χ1v) is 4.37. The van der Waals surface area contributed by atoms with E-state index in [2.05, 4.69) is 4.98 Å². The smallest absolute Gasteiger partial charge is 0.375 e. The lowest BCUT2D eigenvalue weighted by molar-refractivity contribution is -0.274. The predicted molar refractivity (Wildman–Crippen MR) is 47.8 cm³/mol. The Labute approximate surface area is 88.9 Å². The van der Waals surface area contributed by atoms with Crippen LogP contribution in [0.2, 0.25) is 0 Å². The van der Waals surface area contributed by atoms with Crippen molar-refractivity contribution in [2.75, 3.05) is 0 Å². The van der Waals surface area contributed by atoms with Crippen LogP contribution in [0, 0.1) is 5.95 Å². The van der Waals surface area contributed by atoms with Crippen molar-refractivity contribution in [1.82, 2.24) is 4.98 Å². The number of nitrogens with zero attached hydrogens (tertiary/aromatic N) is 1. The highest BCUT2D eigenvalue weighted by Crippen LogP contribution is 2.41. The Hall–Kier alpha value is -1.21. The SMILES string of the molecule is CC(N)C(O)(c1cccnc1F)C(F)(F)F. The molecule has 1 aromatic heterocycles. The van der Waals surface area contributed by atoms with Crippen LogP contribution in [0.4, 0.5) is 17.6 Å². The third kappa shape index (κ3) is 1.88. The van der Waals surface area contributed by atoms with E-state index in [1.54, 1.807) is 0 Å². The molecule has 0 aliphatic rings. The van der Waals surface area contributed by atoms with Crippen LogP contribution in [0.25, 0.3) is 0 Å². The molecule has 1 aromatic rings. The summed E-state index contributed by atoms with van der Waals surface area (Å²) in [4.78, 5) is 3.06. The summed E-state index contributed by atoms with van der Waals surface area (Å²) < 4.78 is 51.2. The summed E-state index contributed by atoms with van der Waals surface area (Å²) in [6.45, 7) is 0.944. The van der Waals surface area contributed by atoms with Gasteiger partial charge in [0, 0.05) is 17.8 Å². The summed E-state index contributed by atoms with van der Waals surface area (Å²) in [5.41, 5.74) is 0.680. The molecule has 1 heterocycles. The van der Waals surface area contributed by atoms with Crippen molar-refractivity contribution >= 4 is 0 Å². The second kappa shape index (κ2) is 3.99. The van der Waals surface area contributed by atoms with Crippen molar-refractivity contribution in [3.63, 3.8) is 0 Å². The van der Waals surface area contributed by atoms with Gasteiger partial charge in [-0.2, -0.15) is 17.6 Å². The number of pyridine rings is 1. The van der Waals surface area contributed by atoms with E-state index in [-0.39, 0.29) is 0 Å². The molecular formula is C9H10F4N2O. The Morgan fingerprint density at radius 2 is 2.00 bits per heavy atom. The van der Waals surface area contributed by atoms with Gasteiger partial charge in [-0.25, -0.2) is 4.98 Å². The summed E-state index contributed by atoms with van der Waals surface area (Å²) in [5.74, 6) is -1.39. The van der Waals surface area contributed by atoms with E-state index < -0.39 is 29.3 Å². The molecule has 0 bridgehead atoms. The van der Waals surface area contributed by atoms with Crippen LogP contribution in [-0.2, 0) is 5.60 Å². The van der Waals surface area contributed by atoms with Gasteiger partial charge in [-0.3, -0.25) is 0 Å². The van der Waals surface area contributed by atoms with Gasteiger partial charge in [0.15, 0.2) is 0 Å². The quantitative estimate of drug-likeness (QED) is 0.603. The molecule has 0 saturated carbocycles. The molecule has 90 valence electrons. The first-order chi connectivity index (χ1) is 7.21. The molecule has 2 unspecified atom stereocenters. The number of aliphatic hydroxyl groups is 1. The highest BCUT2D eigenvalue weighted by atomic mass is 19.4. The van der Waals surface area contributed by atoms with Gasteiger partial charge in [-0.15, -0.1) is 0 Å². The number of hydrogen-bond acceptors (Lipinski definition) is 3. The van der Waals surface area contributed by atoms with Gasteiger partial charge >= 0.3 is 6.18 Å². The number of halogens is 4. The molecule has 3 N–H and O–H groups in total. The second-order valence-electron chi connectivity index (χ2n) is 3.39. The third-order valence-corrected chi connectivity index (χ3v) is 2.26. The average molecular weight is 238 g/mol. The van der Waals surface area contributed by atoms with Crippen LogP contribution in [0.3, 0.4) is 0 Å². The minimum Gasteiger partial charge on any atom is -0.375 e. The number of hydrogen-bond donors (Lipinski definition) is 2. The Morgan fingerprint density at radius 1 is 1.44 bits per heavy atom. The minimum absolute atomic E-state index is 0.805. The van der Waals surface area contributed by atoms with E-state index in [1.165, 1.54) is 0 Å². The molecule has 0 aliphatic carbocycles. The van der Waals surface area contributed by atoms with Crippen molar-refractivity contribution in [1.29, 1.82) is 0 Å². The second-order valence-corrected chi connectivity index (χ2v) is 3.39. The molecule has 0 fully saturated rings. The molecule has 2 atom stereocenters. The van der Waals surface area contributed by atoms with Crippen LogP contribution in [0.15, 0.2) is 18.3 Å². The van der Waals surface area contributed by atoms with E-state index in [0.717, 1.165) is 25.3 Å². The van der Waals surface area contributed by atoms with Crippen LogP contribution < -0.4 is 5.73 Å². The van der Waals surface area contributed by atoms with Crippen molar-refractivity contribution < 1.29 is 22.7 Å². The lowest BCUT2D eigenvalue weighted by Gasteiger charge is -2.33. The van der Waals surface area contributed by atoms with E-state index in [4.69, 9.17) is 5.73 Å². The molecule has 1 rings (SSSR count). The lowest BCUT2D eigenvalue weighted by Crippen LogP contribution is -2.54. The summed E-state index contributed by atoms with van der Waals surface area (Å²) >= 11 is 0. The molecule has 7 heteroatoms. The van der Waals surface area contributed by atoms with Gasteiger partial charge in [-0.1, -0.05) is 0 Å². The standard InChI is InChI=1S/C9H10F4N2O/c1-5(14)8(16,9(11,12)13)6-3-2-4-15-7(6)10/h2-5,16H,14H2,1H3. The van der Waals surface area contributed by atoms with Gasteiger partial charge in [-0.05, 0) is 19.1 Å². The van der Waals surface area contributed by atoms with E-state index in [9.17, 15) is 22.7 Å². The van der Waals surface area contributed by atoms with Gasteiger partial charge in [0.25, 0.3) is 0 Å². The Morgan fingerprint density at radius 3 is 2.38 bits per heavy atom. The highest BCUT2D eigenvalue weighted by molar-refractivity contribution is 5.24. The fourth-order valence-electron chi connectivity index (χ4n) is 1.33. The van der Waals surface area contributed by atoms with Crippen molar-refractivity contribution in [3.05, 3.63) is 29.8 Å². The zero-order valence-corrected chi connectivity index (χ0v) is 8.29. The van der Waals surface area contributed by atoms with Crippen LogP contribution in [0.1, 0.15) is 12.5 Å². The maximum Gasteiger partial charge on any atom is 0.423 e. The molecule has 0 aromatic carbocycles. The first kappa shape index (κ1) is 12.9. The zero-order chi connectivity index (χ0) is 12.6. The van der Waals surface area contributed by atoms with Crippen LogP contribution >= 0.6 is 0 Å². The normalized spacial score (nSPS) is 17.9. The largest absolute Gasteiger partial charge is 0.423 e. The summed E-state index contributed by atoms with van der Waals surface area (Å²) in [7, 11) is 0. The first-order valence-electron chi connectivity index (χ1n) is 4.37. The highest BCUT2D eigenvalue weighted by Gasteiger charge is 2.58. The summed E-state index contributed by atoms with van der Waals surface area (Å²) in [6, 6.07) is 0.183. The zero-order valence-electron chi connectivity index (χ0n) is 8.29. The fourth-order valence-corrected chi connectivity index (χ4v) is 1.33. The van der Waals surface area contributed by atoms with Crippen LogP contribution in [0.5, 0.6) is 0 Å². The number of alkyl halides is 3. The summed E-state index contributed by atoms with van der Waals surface area (Å²) in [5, 5.41) is 9.55. The molecule has 0 radical (unpaired) electrons. The Balaban J connectivity index is 3.40. The van der Waals surface area contributed by atoms with Gasteiger partial charge in [0.05, 0.1) is 0 Å². The van der Waals surface area contributed by atoms with E-state index in [0.29, 0.717) is 0 Å².